The summed E-state index contributed by atoms with van der Waals surface area (Å²) in [6, 6.07) is 10.7. The molecule has 1 unspecified atom stereocenters. The minimum atomic E-state index is -0.856. The van der Waals surface area contributed by atoms with Crippen LogP contribution in [0.15, 0.2) is 36.4 Å². The molecule has 0 saturated heterocycles. The maximum atomic E-state index is 10.4. The van der Waals surface area contributed by atoms with Crippen LogP contribution in [0.1, 0.15) is 22.8 Å². The lowest BCUT2D eigenvalue weighted by atomic mass is 9.99. The fourth-order valence-corrected chi connectivity index (χ4v) is 2.61. The third-order valence-electron chi connectivity index (χ3n) is 3.01. The fraction of sp³-hybridized carbons (Fsp3) is 0.200. The Morgan fingerprint density at radius 2 is 1.74 bits per heavy atom. The van der Waals surface area contributed by atoms with E-state index in [-0.39, 0.29) is 0 Å². The van der Waals surface area contributed by atoms with Gasteiger partial charge in [-0.3, -0.25) is 0 Å². The summed E-state index contributed by atoms with van der Waals surface area (Å²) in [5, 5.41) is 11.3. The van der Waals surface area contributed by atoms with Gasteiger partial charge >= 0.3 is 0 Å². The van der Waals surface area contributed by atoms with Crippen LogP contribution in [-0.4, -0.2) is 12.2 Å². The lowest BCUT2D eigenvalue weighted by Crippen LogP contribution is -2.02. The molecule has 0 aromatic heterocycles. The van der Waals surface area contributed by atoms with Gasteiger partial charge in [-0.15, -0.1) is 0 Å². The number of aryl methyl sites for hydroxylation is 1. The quantitative estimate of drug-likeness (QED) is 0.910. The van der Waals surface area contributed by atoms with Gasteiger partial charge in [0.25, 0.3) is 0 Å². The van der Waals surface area contributed by atoms with E-state index >= 15 is 0 Å². The molecule has 0 aliphatic rings. The molecule has 0 fully saturated rings. The molecule has 2 aromatic carbocycles. The Hall–Kier alpha value is -1.22. The third-order valence-corrected chi connectivity index (χ3v) is 3.67. The zero-order valence-electron chi connectivity index (χ0n) is 10.7. The monoisotopic (exact) mass is 296 g/mol. The summed E-state index contributed by atoms with van der Waals surface area (Å²) in [4.78, 5) is 0. The topological polar surface area (TPSA) is 29.5 Å². The zero-order chi connectivity index (χ0) is 14.0. The van der Waals surface area contributed by atoms with Gasteiger partial charge in [0.15, 0.2) is 0 Å². The molecule has 0 amide bonds. The highest BCUT2D eigenvalue weighted by Gasteiger charge is 2.18. The Bertz CT molecular complexity index is 576. The highest BCUT2D eigenvalue weighted by Crippen LogP contribution is 2.35. The maximum Gasteiger partial charge on any atom is 0.121 e. The van der Waals surface area contributed by atoms with Gasteiger partial charge in [-0.05, 0) is 42.3 Å². The van der Waals surface area contributed by atoms with Gasteiger partial charge in [-0.25, -0.2) is 0 Å². The highest BCUT2D eigenvalue weighted by molar-refractivity contribution is 6.36. The minimum Gasteiger partial charge on any atom is -0.496 e. The fourth-order valence-electron chi connectivity index (χ4n) is 2.01. The Morgan fingerprint density at radius 3 is 2.26 bits per heavy atom. The predicted octanol–water partition coefficient (Wildman–Crippen LogP) is 4.39. The average molecular weight is 297 g/mol. The molecule has 0 aliphatic carbocycles. The van der Waals surface area contributed by atoms with Gasteiger partial charge in [0.05, 0.1) is 7.11 Å². The molecule has 0 heterocycles. The number of rotatable bonds is 3. The summed E-state index contributed by atoms with van der Waals surface area (Å²) < 4.78 is 5.20. The van der Waals surface area contributed by atoms with Crippen LogP contribution in [0.2, 0.25) is 10.0 Å². The summed E-state index contributed by atoms with van der Waals surface area (Å²) >= 11 is 12.2. The smallest absolute Gasteiger partial charge is 0.121 e. The molecule has 0 radical (unpaired) electrons. The SMILES string of the molecule is COc1ccc(C(O)c2c(Cl)cccc2Cl)cc1C. The van der Waals surface area contributed by atoms with Crippen molar-refractivity contribution in [3.8, 4) is 5.75 Å². The zero-order valence-corrected chi connectivity index (χ0v) is 12.2. The summed E-state index contributed by atoms with van der Waals surface area (Å²) in [5.74, 6) is 0.779. The average Bonchev–Trinajstić information content (AvgIpc) is 2.38. The Balaban J connectivity index is 2.44. The lowest BCUT2D eigenvalue weighted by Gasteiger charge is -2.16. The molecule has 1 N–H and O–H groups in total. The van der Waals surface area contributed by atoms with Gasteiger partial charge in [0.1, 0.15) is 11.9 Å². The van der Waals surface area contributed by atoms with E-state index in [9.17, 15) is 5.11 Å². The third kappa shape index (κ3) is 2.86. The van der Waals surface area contributed by atoms with E-state index in [4.69, 9.17) is 27.9 Å². The van der Waals surface area contributed by atoms with Gasteiger partial charge < -0.3 is 9.84 Å². The summed E-state index contributed by atoms with van der Waals surface area (Å²) in [6.45, 7) is 1.92. The van der Waals surface area contributed by atoms with Crippen LogP contribution in [-0.2, 0) is 0 Å². The molecule has 2 nitrogen and oxygen atoms in total. The van der Waals surface area contributed by atoms with E-state index in [1.165, 1.54) is 0 Å². The van der Waals surface area contributed by atoms with Crippen molar-refractivity contribution >= 4 is 23.2 Å². The molecule has 4 heteroatoms. The van der Waals surface area contributed by atoms with Crippen molar-refractivity contribution in [3.63, 3.8) is 0 Å². The van der Waals surface area contributed by atoms with Crippen LogP contribution >= 0.6 is 23.2 Å². The second-order valence-corrected chi connectivity index (χ2v) is 5.08. The normalized spacial score (nSPS) is 12.3. The molecule has 0 aliphatic heterocycles. The van der Waals surface area contributed by atoms with Crippen LogP contribution in [0.5, 0.6) is 5.75 Å². The van der Waals surface area contributed by atoms with Crippen LogP contribution in [0.25, 0.3) is 0 Å². The molecule has 100 valence electrons. The van der Waals surface area contributed by atoms with Crippen LogP contribution < -0.4 is 4.74 Å². The number of aliphatic hydroxyl groups is 1. The number of hydrogen-bond acceptors (Lipinski definition) is 2. The number of ether oxygens (including phenoxy) is 1. The standard InChI is InChI=1S/C15H14Cl2O2/c1-9-8-10(6-7-13(9)19-2)15(18)14-11(16)4-3-5-12(14)17/h3-8,15,18H,1-2H3. The number of benzene rings is 2. The molecule has 0 saturated carbocycles. The first-order valence-electron chi connectivity index (χ1n) is 5.81. The Kier molecular flexibility index (Phi) is 4.35. The van der Waals surface area contributed by atoms with Gasteiger partial charge in [0, 0.05) is 15.6 Å². The van der Waals surface area contributed by atoms with E-state index in [1.807, 2.05) is 19.1 Å². The van der Waals surface area contributed by atoms with Crippen molar-refractivity contribution < 1.29 is 9.84 Å². The van der Waals surface area contributed by atoms with Crippen molar-refractivity contribution in [2.45, 2.75) is 13.0 Å². The van der Waals surface area contributed by atoms with Crippen LogP contribution in [0.4, 0.5) is 0 Å². The number of hydrogen-bond donors (Lipinski definition) is 1. The molecular formula is C15H14Cl2O2. The van der Waals surface area contributed by atoms with Gasteiger partial charge in [-0.2, -0.15) is 0 Å². The Morgan fingerprint density at radius 1 is 1.11 bits per heavy atom. The molecule has 0 spiro atoms. The van der Waals surface area contributed by atoms with E-state index in [2.05, 4.69) is 0 Å². The van der Waals surface area contributed by atoms with Crippen LogP contribution in [0, 0.1) is 6.92 Å². The van der Waals surface area contributed by atoms with E-state index in [0.29, 0.717) is 15.6 Å². The van der Waals surface area contributed by atoms with Crippen molar-refractivity contribution in [3.05, 3.63) is 63.1 Å². The second-order valence-electron chi connectivity index (χ2n) is 4.27. The first kappa shape index (κ1) is 14.2. The number of methoxy groups -OCH3 is 1. The largest absolute Gasteiger partial charge is 0.496 e. The first-order valence-corrected chi connectivity index (χ1v) is 6.56. The minimum absolute atomic E-state index is 0.452. The van der Waals surface area contributed by atoms with E-state index in [1.54, 1.807) is 31.4 Å². The van der Waals surface area contributed by atoms with Gasteiger partial charge in [-0.1, -0.05) is 35.3 Å². The summed E-state index contributed by atoms with van der Waals surface area (Å²) in [5.41, 5.74) is 2.20. The number of aliphatic hydroxyl groups excluding tert-OH is 1. The molecule has 2 aromatic rings. The molecular weight excluding hydrogens is 283 g/mol. The van der Waals surface area contributed by atoms with Crippen molar-refractivity contribution in [1.82, 2.24) is 0 Å². The maximum absolute atomic E-state index is 10.4. The van der Waals surface area contributed by atoms with Crippen molar-refractivity contribution in [2.24, 2.45) is 0 Å². The van der Waals surface area contributed by atoms with Gasteiger partial charge in [0.2, 0.25) is 0 Å². The van der Waals surface area contributed by atoms with Crippen LogP contribution in [0.3, 0.4) is 0 Å². The van der Waals surface area contributed by atoms with E-state index in [0.717, 1.165) is 16.9 Å². The number of halogens is 2. The highest BCUT2D eigenvalue weighted by atomic mass is 35.5. The molecule has 2 rings (SSSR count). The van der Waals surface area contributed by atoms with E-state index < -0.39 is 6.10 Å². The predicted molar refractivity (Wildman–Crippen MR) is 78.3 cm³/mol. The Labute approximate surface area is 122 Å². The lowest BCUT2D eigenvalue weighted by molar-refractivity contribution is 0.220. The summed E-state index contributed by atoms with van der Waals surface area (Å²) in [7, 11) is 1.61. The summed E-state index contributed by atoms with van der Waals surface area (Å²) in [6.07, 6.45) is -0.856. The van der Waals surface area contributed by atoms with Crippen molar-refractivity contribution in [2.75, 3.05) is 7.11 Å². The van der Waals surface area contributed by atoms with Crippen molar-refractivity contribution in [1.29, 1.82) is 0 Å². The molecule has 1 atom stereocenters. The molecule has 19 heavy (non-hydrogen) atoms. The first-order chi connectivity index (χ1) is 9.04. The molecule has 0 bridgehead atoms. The second kappa shape index (κ2) is 5.83.